The summed E-state index contributed by atoms with van der Waals surface area (Å²) < 4.78 is 16.3. The molecule has 3 aromatic rings. The first-order valence-corrected chi connectivity index (χ1v) is 11.8. The van der Waals surface area contributed by atoms with Crippen molar-refractivity contribution in [1.29, 1.82) is 0 Å². The van der Waals surface area contributed by atoms with E-state index in [1.165, 1.54) is 4.90 Å². The smallest absolute Gasteiger partial charge is 0.295 e. The molecule has 0 aromatic heterocycles. The van der Waals surface area contributed by atoms with Gasteiger partial charge in [-0.3, -0.25) is 9.59 Å². The molecule has 0 radical (unpaired) electrons. The first kappa shape index (κ1) is 24.9. The first-order chi connectivity index (χ1) is 17.5. The van der Waals surface area contributed by atoms with Gasteiger partial charge in [-0.1, -0.05) is 24.3 Å². The minimum atomic E-state index is -0.769. The Morgan fingerprint density at radius 2 is 1.33 bits per heavy atom. The third-order valence-electron chi connectivity index (χ3n) is 6.00. The van der Waals surface area contributed by atoms with Crippen LogP contribution in [0.2, 0.25) is 0 Å². The summed E-state index contributed by atoms with van der Waals surface area (Å²) in [6.07, 6.45) is 0. The Kier molecular flexibility index (Phi) is 7.59. The largest absolute Gasteiger partial charge is 0.507 e. The standard InChI is InChI=1S/C29H29NO6/c1-4-35-23-12-6-19(7-13-23)18-30-26(20-8-14-22(34-3)15-9-20)25(28(32)29(30)33)27(31)21-10-16-24(17-11-21)36-5-2/h6-17,26,31H,4-5,18H2,1-3H3/b27-25-. The number of ether oxygens (including phenoxy) is 3. The van der Waals surface area contributed by atoms with E-state index >= 15 is 0 Å². The van der Waals surface area contributed by atoms with Gasteiger partial charge < -0.3 is 24.2 Å². The molecule has 1 aliphatic heterocycles. The Balaban J connectivity index is 1.76. The molecular formula is C29H29NO6. The molecule has 1 amide bonds. The number of rotatable bonds is 9. The molecule has 1 atom stereocenters. The maximum atomic E-state index is 13.3. The van der Waals surface area contributed by atoms with Crippen LogP contribution in [0.3, 0.4) is 0 Å². The predicted molar refractivity (Wildman–Crippen MR) is 136 cm³/mol. The normalized spacial score (nSPS) is 16.8. The van der Waals surface area contributed by atoms with Gasteiger partial charge in [0.05, 0.1) is 31.9 Å². The fraction of sp³-hybridized carbons (Fsp3) is 0.241. The number of carbonyl (C=O) groups is 2. The lowest BCUT2D eigenvalue weighted by Gasteiger charge is -2.25. The van der Waals surface area contributed by atoms with Gasteiger partial charge in [-0.25, -0.2) is 0 Å². The van der Waals surface area contributed by atoms with E-state index in [-0.39, 0.29) is 17.9 Å². The molecule has 1 unspecified atom stereocenters. The van der Waals surface area contributed by atoms with Crippen LogP contribution in [-0.4, -0.2) is 42.0 Å². The number of methoxy groups -OCH3 is 1. The maximum Gasteiger partial charge on any atom is 0.295 e. The van der Waals surface area contributed by atoms with Crippen LogP contribution in [0.25, 0.3) is 5.76 Å². The van der Waals surface area contributed by atoms with Crippen LogP contribution in [0.15, 0.2) is 78.4 Å². The van der Waals surface area contributed by atoms with Gasteiger partial charge in [0, 0.05) is 12.1 Å². The van der Waals surface area contributed by atoms with Gasteiger partial charge in [-0.15, -0.1) is 0 Å². The van der Waals surface area contributed by atoms with Crippen molar-refractivity contribution in [1.82, 2.24) is 4.90 Å². The minimum absolute atomic E-state index is 0.0419. The number of hydrogen-bond acceptors (Lipinski definition) is 6. The van der Waals surface area contributed by atoms with Gasteiger partial charge in [-0.2, -0.15) is 0 Å². The molecule has 7 heteroatoms. The lowest BCUT2D eigenvalue weighted by molar-refractivity contribution is -0.140. The number of likely N-dealkylation sites (tertiary alicyclic amines) is 1. The molecule has 1 saturated heterocycles. The highest BCUT2D eigenvalue weighted by Crippen LogP contribution is 2.41. The van der Waals surface area contributed by atoms with E-state index in [0.29, 0.717) is 35.8 Å². The van der Waals surface area contributed by atoms with E-state index in [1.54, 1.807) is 55.6 Å². The highest BCUT2D eigenvalue weighted by Gasteiger charge is 2.46. The Morgan fingerprint density at radius 3 is 1.86 bits per heavy atom. The number of amides is 1. The van der Waals surface area contributed by atoms with E-state index in [2.05, 4.69) is 0 Å². The summed E-state index contributed by atoms with van der Waals surface area (Å²) in [4.78, 5) is 28.0. The van der Waals surface area contributed by atoms with Gasteiger partial charge in [0.15, 0.2) is 0 Å². The summed E-state index contributed by atoms with van der Waals surface area (Å²) in [5, 5.41) is 11.2. The minimum Gasteiger partial charge on any atom is -0.507 e. The molecule has 3 aromatic carbocycles. The highest BCUT2D eigenvalue weighted by molar-refractivity contribution is 6.46. The van der Waals surface area contributed by atoms with Crippen LogP contribution in [0, 0.1) is 0 Å². The summed E-state index contributed by atoms with van der Waals surface area (Å²) >= 11 is 0. The lowest BCUT2D eigenvalue weighted by atomic mass is 9.95. The Morgan fingerprint density at radius 1 is 0.806 bits per heavy atom. The topological polar surface area (TPSA) is 85.3 Å². The average molecular weight is 488 g/mol. The second-order valence-corrected chi connectivity index (χ2v) is 8.23. The Labute approximate surface area is 210 Å². The lowest BCUT2D eigenvalue weighted by Crippen LogP contribution is -2.29. The number of hydrogen-bond donors (Lipinski definition) is 1. The van der Waals surface area contributed by atoms with E-state index in [1.807, 2.05) is 38.1 Å². The van der Waals surface area contributed by atoms with Crippen molar-refractivity contribution >= 4 is 17.4 Å². The van der Waals surface area contributed by atoms with Crippen molar-refractivity contribution in [3.05, 3.63) is 95.1 Å². The first-order valence-electron chi connectivity index (χ1n) is 11.8. The number of benzene rings is 3. The van der Waals surface area contributed by atoms with Gasteiger partial charge in [-0.05, 0) is 73.5 Å². The molecule has 4 rings (SSSR count). The average Bonchev–Trinajstić information content (AvgIpc) is 3.15. The number of aliphatic hydroxyl groups is 1. The monoisotopic (exact) mass is 487 g/mol. The highest BCUT2D eigenvalue weighted by atomic mass is 16.5. The summed E-state index contributed by atoms with van der Waals surface area (Å²) in [5.74, 6) is 0.396. The van der Waals surface area contributed by atoms with Crippen molar-refractivity contribution in [2.75, 3.05) is 20.3 Å². The zero-order chi connectivity index (χ0) is 25.7. The molecule has 36 heavy (non-hydrogen) atoms. The summed E-state index contributed by atoms with van der Waals surface area (Å²) in [7, 11) is 1.57. The van der Waals surface area contributed by atoms with E-state index < -0.39 is 17.7 Å². The molecule has 1 aliphatic rings. The SMILES string of the molecule is CCOc1ccc(CN2C(=O)C(=O)/C(=C(\O)c3ccc(OCC)cc3)C2c2ccc(OC)cc2)cc1. The number of aliphatic hydroxyl groups excluding tert-OH is 1. The third kappa shape index (κ3) is 5.05. The van der Waals surface area contributed by atoms with Crippen molar-refractivity contribution in [3.8, 4) is 17.2 Å². The fourth-order valence-corrected chi connectivity index (χ4v) is 4.26. The Bertz CT molecular complexity index is 1250. The number of carbonyl (C=O) groups excluding carboxylic acids is 2. The molecule has 1 fully saturated rings. The van der Waals surface area contributed by atoms with E-state index in [0.717, 1.165) is 11.3 Å². The van der Waals surface area contributed by atoms with Crippen LogP contribution in [-0.2, 0) is 16.1 Å². The molecule has 0 bridgehead atoms. The van der Waals surface area contributed by atoms with Crippen LogP contribution < -0.4 is 14.2 Å². The molecule has 0 spiro atoms. The molecule has 0 aliphatic carbocycles. The van der Waals surface area contributed by atoms with Crippen molar-refractivity contribution < 1.29 is 28.9 Å². The maximum absolute atomic E-state index is 13.3. The molecule has 0 saturated carbocycles. The van der Waals surface area contributed by atoms with E-state index in [9.17, 15) is 14.7 Å². The van der Waals surface area contributed by atoms with Crippen LogP contribution in [0.4, 0.5) is 0 Å². The van der Waals surface area contributed by atoms with E-state index in [4.69, 9.17) is 14.2 Å². The Hall–Kier alpha value is -4.26. The number of nitrogens with zero attached hydrogens (tertiary/aromatic N) is 1. The second kappa shape index (κ2) is 11.0. The van der Waals surface area contributed by atoms with Crippen LogP contribution in [0.1, 0.15) is 36.6 Å². The fourth-order valence-electron chi connectivity index (χ4n) is 4.26. The second-order valence-electron chi connectivity index (χ2n) is 8.23. The predicted octanol–water partition coefficient (Wildman–Crippen LogP) is 5.11. The zero-order valence-electron chi connectivity index (χ0n) is 20.6. The van der Waals surface area contributed by atoms with Crippen LogP contribution >= 0.6 is 0 Å². The van der Waals surface area contributed by atoms with Gasteiger partial charge in [0.2, 0.25) is 0 Å². The third-order valence-corrected chi connectivity index (χ3v) is 6.00. The zero-order valence-corrected chi connectivity index (χ0v) is 20.6. The molecular weight excluding hydrogens is 458 g/mol. The molecule has 186 valence electrons. The van der Waals surface area contributed by atoms with Crippen molar-refractivity contribution in [3.63, 3.8) is 0 Å². The summed E-state index contributed by atoms with van der Waals surface area (Å²) in [6, 6.07) is 20.5. The number of ketones is 1. The summed E-state index contributed by atoms with van der Waals surface area (Å²) in [6.45, 7) is 5.05. The summed E-state index contributed by atoms with van der Waals surface area (Å²) in [5.41, 5.74) is 1.99. The molecule has 7 nitrogen and oxygen atoms in total. The van der Waals surface area contributed by atoms with Crippen molar-refractivity contribution in [2.45, 2.75) is 26.4 Å². The molecule has 1 N–H and O–H groups in total. The van der Waals surface area contributed by atoms with Gasteiger partial charge in [0.1, 0.15) is 23.0 Å². The van der Waals surface area contributed by atoms with Crippen molar-refractivity contribution in [2.24, 2.45) is 0 Å². The number of Topliss-reactive ketones (excluding diaryl/α,β-unsaturated/α-hetero) is 1. The van der Waals surface area contributed by atoms with Gasteiger partial charge in [0.25, 0.3) is 11.7 Å². The van der Waals surface area contributed by atoms with Crippen LogP contribution in [0.5, 0.6) is 17.2 Å². The molecule has 1 heterocycles. The van der Waals surface area contributed by atoms with Gasteiger partial charge >= 0.3 is 0 Å². The quantitative estimate of drug-likeness (QED) is 0.256.